The van der Waals surface area contributed by atoms with Crippen LogP contribution in [-0.4, -0.2) is 22.1 Å². The number of hydrogen-bond acceptors (Lipinski definition) is 3. The smallest absolute Gasteiger partial charge is 0.120 e. The number of ether oxygens (including phenoxy) is 1. The molecule has 4 heteroatoms. The summed E-state index contributed by atoms with van der Waals surface area (Å²) in [5.41, 5.74) is 2.37. The van der Waals surface area contributed by atoms with E-state index in [9.17, 15) is 0 Å². The van der Waals surface area contributed by atoms with E-state index in [0.29, 0.717) is 6.10 Å². The zero-order valence-electron chi connectivity index (χ0n) is 9.92. The lowest BCUT2D eigenvalue weighted by atomic mass is 10.1. The van der Waals surface area contributed by atoms with Crippen molar-refractivity contribution in [3.8, 4) is 0 Å². The molecule has 0 bridgehead atoms. The molecule has 1 aliphatic heterocycles. The Balaban J connectivity index is 1.73. The number of nitrogens with one attached hydrogen (secondary N) is 2. The highest BCUT2D eigenvalue weighted by molar-refractivity contribution is 5.20. The summed E-state index contributed by atoms with van der Waals surface area (Å²) in [6, 6.07) is 0.731. The summed E-state index contributed by atoms with van der Waals surface area (Å²) < 4.78 is 5.76. The van der Waals surface area contributed by atoms with Crippen molar-refractivity contribution < 1.29 is 4.74 Å². The van der Waals surface area contributed by atoms with Crippen molar-refractivity contribution in [3.05, 3.63) is 17.2 Å². The molecule has 2 heterocycles. The van der Waals surface area contributed by atoms with E-state index in [-0.39, 0.29) is 6.10 Å². The maximum absolute atomic E-state index is 5.76. The molecular weight excluding hydrogens is 202 g/mol. The van der Waals surface area contributed by atoms with Crippen LogP contribution in [0.15, 0.2) is 0 Å². The summed E-state index contributed by atoms with van der Waals surface area (Å²) in [6.07, 6.45) is 4.01. The van der Waals surface area contributed by atoms with E-state index in [2.05, 4.69) is 29.1 Å². The predicted octanol–water partition coefficient (Wildman–Crippen LogP) is 1.68. The normalized spacial score (nSPS) is 29.1. The molecule has 2 atom stereocenters. The van der Waals surface area contributed by atoms with Crippen molar-refractivity contribution in [1.29, 1.82) is 0 Å². The summed E-state index contributed by atoms with van der Waals surface area (Å²) in [4.78, 5) is 8.05. The zero-order chi connectivity index (χ0) is 11.1. The van der Waals surface area contributed by atoms with Crippen LogP contribution in [0.3, 0.4) is 0 Å². The molecular formula is C12H19N3O. The first-order valence-electron chi connectivity index (χ1n) is 6.19. The van der Waals surface area contributed by atoms with Gasteiger partial charge in [0.25, 0.3) is 0 Å². The van der Waals surface area contributed by atoms with Crippen molar-refractivity contribution in [3.63, 3.8) is 0 Å². The summed E-state index contributed by atoms with van der Waals surface area (Å²) in [7, 11) is 0. The fourth-order valence-corrected chi connectivity index (χ4v) is 2.33. The third-order valence-electron chi connectivity index (χ3n) is 3.31. The fourth-order valence-electron chi connectivity index (χ4n) is 2.33. The summed E-state index contributed by atoms with van der Waals surface area (Å²) in [5.74, 6) is 1.06. The number of aromatic nitrogens is 2. The second-order valence-electron chi connectivity index (χ2n) is 5.00. The Morgan fingerprint density at radius 3 is 3.00 bits per heavy atom. The van der Waals surface area contributed by atoms with Gasteiger partial charge in [-0.1, -0.05) is 0 Å². The third-order valence-corrected chi connectivity index (χ3v) is 3.31. The van der Waals surface area contributed by atoms with Gasteiger partial charge >= 0.3 is 0 Å². The summed E-state index contributed by atoms with van der Waals surface area (Å²) >= 11 is 0. The Bertz CT molecular complexity index is 384. The second kappa shape index (κ2) is 3.86. The molecule has 88 valence electrons. The fraction of sp³-hybridized carbons (Fsp3) is 0.750. The van der Waals surface area contributed by atoms with Gasteiger partial charge in [-0.3, -0.25) is 0 Å². The molecule has 0 spiro atoms. The van der Waals surface area contributed by atoms with E-state index in [1.54, 1.807) is 0 Å². The van der Waals surface area contributed by atoms with E-state index in [4.69, 9.17) is 4.74 Å². The lowest BCUT2D eigenvalue weighted by molar-refractivity contribution is -0.00757. The Kier molecular flexibility index (Phi) is 2.48. The lowest BCUT2D eigenvalue weighted by Crippen LogP contribution is -2.21. The molecule has 2 unspecified atom stereocenters. The van der Waals surface area contributed by atoms with Crippen LogP contribution in [0.25, 0.3) is 0 Å². The minimum atomic E-state index is 0.129. The van der Waals surface area contributed by atoms with E-state index < -0.39 is 0 Å². The van der Waals surface area contributed by atoms with Gasteiger partial charge in [-0.25, -0.2) is 4.98 Å². The van der Waals surface area contributed by atoms with Gasteiger partial charge in [-0.2, -0.15) is 0 Å². The molecule has 16 heavy (non-hydrogen) atoms. The van der Waals surface area contributed by atoms with Gasteiger partial charge in [-0.05, 0) is 26.7 Å². The second-order valence-corrected chi connectivity index (χ2v) is 5.00. The van der Waals surface area contributed by atoms with Crippen LogP contribution < -0.4 is 5.32 Å². The Morgan fingerprint density at radius 2 is 2.25 bits per heavy atom. The number of imidazole rings is 1. The van der Waals surface area contributed by atoms with Gasteiger partial charge in [0.1, 0.15) is 5.82 Å². The third kappa shape index (κ3) is 1.99. The van der Waals surface area contributed by atoms with Gasteiger partial charge in [0.15, 0.2) is 0 Å². The first-order valence-corrected chi connectivity index (χ1v) is 6.19. The Morgan fingerprint density at radius 1 is 1.44 bits per heavy atom. The number of hydrogen-bond donors (Lipinski definition) is 2. The van der Waals surface area contributed by atoms with Gasteiger partial charge in [-0.15, -0.1) is 0 Å². The maximum atomic E-state index is 5.76. The molecule has 1 fully saturated rings. The monoisotopic (exact) mass is 221 g/mol. The van der Waals surface area contributed by atoms with Crippen LogP contribution in [0.4, 0.5) is 0 Å². The summed E-state index contributed by atoms with van der Waals surface area (Å²) in [6.45, 7) is 5.05. The Labute approximate surface area is 95.8 Å². The Hall–Kier alpha value is -0.870. The molecule has 1 aromatic heterocycles. The molecule has 2 N–H and O–H groups in total. The van der Waals surface area contributed by atoms with Crippen LogP contribution in [0, 0.1) is 0 Å². The highest BCUT2D eigenvalue weighted by Crippen LogP contribution is 2.28. The minimum Gasteiger partial charge on any atom is -0.369 e. The molecule has 0 aromatic carbocycles. The first-order chi connectivity index (χ1) is 7.72. The average molecular weight is 221 g/mol. The van der Waals surface area contributed by atoms with Gasteiger partial charge in [0, 0.05) is 18.2 Å². The van der Waals surface area contributed by atoms with E-state index >= 15 is 0 Å². The molecule has 2 aliphatic rings. The standard InChI is InChI=1S/C12H19N3O/c1-7-5-10-12(8(2)16-7)15-11(14-10)6-13-9-3-4-9/h7-9,13H,3-6H2,1-2H3,(H,14,15). The molecule has 0 radical (unpaired) electrons. The van der Waals surface area contributed by atoms with Crippen molar-refractivity contribution in [2.75, 3.05) is 0 Å². The van der Waals surface area contributed by atoms with Crippen LogP contribution in [0.2, 0.25) is 0 Å². The van der Waals surface area contributed by atoms with E-state index in [0.717, 1.165) is 30.5 Å². The average Bonchev–Trinajstić information content (AvgIpc) is 2.96. The number of aromatic amines is 1. The molecule has 1 aromatic rings. The van der Waals surface area contributed by atoms with Gasteiger partial charge in [0.2, 0.25) is 0 Å². The van der Waals surface area contributed by atoms with Crippen molar-refractivity contribution in [2.24, 2.45) is 0 Å². The largest absolute Gasteiger partial charge is 0.369 e. The molecule has 0 amide bonds. The molecule has 1 aliphatic carbocycles. The van der Waals surface area contributed by atoms with Gasteiger partial charge in [0.05, 0.1) is 24.4 Å². The number of nitrogens with zero attached hydrogens (tertiary/aromatic N) is 1. The summed E-state index contributed by atoms with van der Waals surface area (Å²) in [5, 5.41) is 3.47. The number of H-pyrrole nitrogens is 1. The highest BCUT2D eigenvalue weighted by atomic mass is 16.5. The van der Waals surface area contributed by atoms with E-state index in [1.807, 2.05) is 0 Å². The number of rotatable bonds is 3. The zero-order valence-corrected chi connectivity index (χ0v) is 9.92. The quantitative estimate of drug-likeness (QED) is 0.816. The topological polar surface area (TPSA) is 49.9 Å². The SMILES string of the molecule is CC1Cc2[nH]c(CNC3CC3)nc2C(C)O1. The van der Waals surface area contributed by atoms with Crippen LogP contribution in [0.5, 0.6) is 0 Å². The number of fused-ring (bicyclic) bond motifs is 1. The predicted molar refractivity (Wildman–Crippen MR) is 61.1 cm³/mol. The van der Waals surface area contributed by atoms with Gasteiger partial charge < -0.3 is 15.0 Å². The lowest BCUT2D eigenvalue weighted by Gasteiger charge is -2.23. The van der Waals surface area contributed by atoms with Crippen LogP contribution in [0.1, 0.15) is 50.0 Å². The van der Waals surface area contributed by atoms with E-state index in [1.165, 1.54) is 18.5 Å². The highest BCUT2D eigenvalue weighted by Gasteiger charge is 2.26. The molecule has 1 saturated carbocycles. The first kappa shape index (κ1) is 10.3. The van der Waals surface area contributed by atoms with Crippen LogP contribution in [-0.2, 0) is 17.7 Å². The molecule has 3 rings (SSSR count). The van der Waals surface area contributed by atoms with Crippen molar-refractivity contribution in [2.45, 2.75) is 57.9 Å². The minimum absolute atomic E-state index is 0.129. The van der Waals surface area contributed by atoms with Crippen molar-refractivity contribution >= 4 is 0 Å². The molecule has 0 saturated heterocycles. The molecule has 4 nitrogen and oxygen atoms in total. The van der Waals surface area contributed by atoms with Crippen LogP contribution >= 0.6 is 0 Å². The maximum Gasteiger partial charge on any atom is 0.120 e. The van der Waals surface area contributed by atoms with Crippen molar-refractivity contribution in [1.82, 2.24) is 15.3 Å².